The first kappa shape index (κ1) is 14.9. The zero-order valence-corrected chi connectivity index (χ0v) is 14.2. The maximum atomic E-state index is 6.27. The second-order valence-corrected chi connectivity index (χ2v) is 7.61. The first-order valence-electron chi connectivity index (χ1n) is 6.48. The number of benzene rings is 1. The molecule has 0 radical (unpaired) electrons. The van der Waals surface area contributed by atoms with Gasteiger partial charge in [-0.1, -0.05) is 55.7 Å². The molecule has 7 heteroatoms. The SMILES string of the molecule is CC(C)(C)C1=Nn2c(nnc2-c2ccc(Cl)cc2Cl)SC1. The van der Waals surface area contributed by atoms with E-state index >= 15 is 0 Å². The highest BCUT2D eigenvalue weighted by atomic mass is 35.5. The zero-order chi connectivity index (χ0) is 15.2. The monoisotopic (exact) mass is 340 g/mol. The Kier molecular flexibility index (Phi) is 3.76. The van der Waals surface area contributed by atoms with Crippen molar-refractivity contribution in [3.8, 4) is 11.4 Å². The smallest absolute Gasteiger partial charge is 0.187 e. The van der Waals surface area contributed by atoms with Crippen LogP contribution in [0.15, 0.2) is 28.5 Å². The van der Waals surface area contributed by atoms with Crippen LogP contribution in [0.2, 0.25) is 10.0 Å². The van der Waals surface area contributed by atoms with Gasteiger partial charge >= 0.3 is 0 Å². The van der Waals surface area contributed by atoms with Gasteiger partial charge in [-0.05, 0) is 18.2 Å². The van der Waals surface area contributed by atoms with E-state index in [0.717, 1.165) is 22.2 Å². The third kappa shape index (κ3) is 2.82. The summed E-state index contributed by atoms with van der Waals surface area (Å²) in [6.07, 6.45) is 0. The van der Waals surface area contributed by atoms with Crippen molar-refractivity contribution < 1.29 is 0 Å². The first-order chi connectivity index (χ1) is 9.86. The molecule has 0 saturated carbocycles. The van der Waals surface area contributed by atoms with E-state index in [2.05, 4.69) is 31.0 Å². The summed E-state index contributed by atoms with van der Waals surface area (Å²) in [6.45, 7) is 6.45. The molecule has 3 rings (SSSR count). The molecular formula is C14H14Cl2N4S. The molecule has 2 aromatic rings. The normalized spacial score (nSPS) is 14.8. The van der Waals surface area contributed by atoms with Gasteiger partial charge in [0.25, 0.3) is 0 Å². The molecule has 0 aliphatic carbocycles. The van der Waals surface area contributed by atoms with Gasteiger partial charge in [0.2, 0.25) is 5.16 Å². The molecule has 2 heterocycles. The highest BCUT2D eigenvalue weighted by Crippen LogP contribution is 2.34. The predicted octanol–water partition coefficient (Wildman–Crippen LogP) is 4.61. The summed E-state index contributed by atoms with van der Waals surface area (Å²) in [4.78, 5) is 0. The Bertz CT molecular complexity index is 731. The summed E-state index contributed by atoms with van der Waals surface area (Å²) in [5.41, 5.74) is 1.89. The average Bonchev–Trinajstić information content (AvgIpc) is 2.80. The van der Waals surface area contributed by atoms with Crippen molar-refractivity contribution in [1.29, 1.82) is 0 Å². The van der Waals surface area contributed by atoms with Crippen LogP contribution in [0, 0.1) is 5.41 Å². The van der Waals surface area contributed by atoms with Crippen LogP contribution in [0.4, 0.5) is 0 Å². The molecule has 1 aromatic heterocycles. The lowest BCUT2D eigenvalue weighted by Crippen LogP contribution is -2.26. The number of nitrogens with zero attached hydrogens (tertiary/aromatic N) is 4. The van der Waals surface area contributed by atoms with Gasteiger partial charge in [-0.15, -0.1) is 10.2 Å². The van der Waals surface area contributed by atoms with Crippen LogP contribution in [-0.4, -0.2) is 26.3 Å². The number of aromatic nitrogens is 3. The Balaban J connectivity index is 2.13. The van der Waals surface area contributed by atoms with Gasteiger partial charge in [0.05, 0.1) is 10.7 Å². The van der Waals surface area contributed by atoms with E-state index in [1.807, 2.05) is 6.07 Å². The minimum absolute atomic E-state index is 0.00994. The fourth-order valence-electron chi connectivity index (χ4n) is 1.93. The first-order valence-corrected chi connectivity index (χ1v) is 8.22. The number of fused-ring (bicyclic) bond motifs is 1. The molecule has 4 nitrogen and oxygen atoms in total. The Morgan fingerprint density at radius 3 is 2.62 bits per heavy atom. The van der Waals surface area contributed by atoms with Crippen LogP contribution in [0.1, 0.15) is 20.8 Å². The van der Waals surface area contributed by atoms with Crippen LogP contribution >= 0.6 is 35.0 Å². The fraction of sp³-hybridized carbons (Fsp3) is 0.357. The van der Waals surface area contributed by atoms with Crippen molar-refractivity contribution in [3.05, 3.63) is 28.2 Å². The number of thioether (sulfide) groups is 1. The van der Waals surface area contributed by atoms with Crippen molar-refractivity contribution in [3.63, 3.8) is 0 Å². The van der Waals surface area contributed by atoms with Crippen molar-refractivity contribution in [2.45, 2.75) is 25.9 Å². The van der Waals surface area contributed by atoms with Crippen LogP contribution in [0.3, 0.4) is 0 Å². The van der Waals surface area contributed by atoms with E-state index in [0.29, 0.717) is 15.9 Å². The summed E-state index contributed by atoms with van der Waals surface area (Å²) in [5.74, 6) is 1.47. The molecule has 0 saturated heterocycles. The minimum Gasteiger partial charge on any atom is -0.187 e. The fourth-order valence-corrected chi connectivity index (χ4v) is 3.53. The minimum atomic E-state index is 0.00994. The maximum Gasteiger partial charge on any atom is 0.212 e. The van der Waals surface area contributed by atoms with E-state index in [1.165, 1.54) is 0 Å². The molecule has 0 amide bonds. The van der Waals surface area contributed by atoms with Crippen molar-refractivity contribution in [2.75, 3.05) is 5.75 Å². The van der Waals surface area contributed by atoms with E-state index in [-0.39, 0.29) is 5.41 Å². The average molecular weight is 341 g/mol. The maximum absolute atomic E-state index is 6.27. The summed E-state index contributed by atoms with van der Waals surface area (Å²) >= 11 is 13.9. The summed E-state index contributed by atoms with van der Waals surface area (Å²) in [5, 5.41) is 15.1. The van der Waals surface area contributed by atoms with Gasteiger partial charge in [0.15, 0.2) is 5.82 Å². The molecule has 1 aliphatic heterocycles. The molecule has 0 fully saturated rings. The van der Waals surface area contributed by atoms with Gasteiger partial charge in [0, 0.05) is 21.8 Å². The van der Waals surface area contributed by atoms with Gasteiger partial charge in [-0.2, -0.15) is 9.78 Å². The third-order valence-corrected chi connectivity index (χ3v) is 4.69. The molecule has 0 atom stereocenters. The molecule has 1 aliphatic rings. The van der Waals surface area contributed by atoms with Crippen LogP contribution in [0.5, 0.6) is 0 Å². The van der Waals surface area contributed by atoms with Gasteiger partial charge in [-0.3, -0.25) is 0 Å². The molecule has 1 aromatic carbocycles. The number of halogens is 2. The Morgan fingerprint density at radius 2 is 1.95 bits per heavy atom. The van der Waals surface area contributed by atoms with E-state index in [1.54, 1.807) is 28.6 Å². The molecule has 0 bridgehead atoms. The standard InChI is InChI=1S/C14H14Cl2N4S/c1-14(2,3)11-7-21-13-18-17-12(20(13)19-11)9-5-4-8(15)6-10(9)16/h4-6H,7H2,1-3H3. The Hall–Kier alpha value is -1.04. The lowest BCUT2D eigenvalue weighted by Gasteiger charge is -2.24. The molecule has 110 valence electrons. The predicted molar refractivity (Wildman–Crippen MR) is 88.5 cm³/mol. The number of hydrogen-bond donors (Lipinski definition) is 0. The zero-order valence-electron chi connectivity index (χ0n) is 11.9. The summed E-state index contributed by atoms with van der Waals surface area (Å²) in [6, 6.07) is 5.33. The van der Waals surface area contributed by atoms with E-state index in [4.69, 9.17) is 28.3 Å². The van der Waals surface area contributed by atoms with Gasteiger partial charge in [-0.25, -0.2) is 0 Å². The van der Waals surface area contributed by atoms with E-state index < -0.39 is 0 Å². The topological polar surface area (TPSA) is 43.1 Å². The molecular weight excluding hydrogens is 327 g/mol. The lowest BCUT2D eigenvalue weighted by molar-refractivity contribution is 0.574. The van der Waals surface area contributed by atoms with Gasteiger partial charge < -0.3 is 0 Å². The summed E-state index contributed by atoms with van der Waals surface area (Å²) in [7, 11) is 0. The highest BCUT2D eigenvalue weighted by molar-refractivity contribution is 7.99. The van der Waals surface area contributed by atoms with Crippen LogP contribution in [-0.2, 0) is 0 Å². The van der Waals surface area contributed by atoms with E-state index in [9.17, 15) is 0 Å². The second kappa shape index (κ2) is 5.30. The number of rotatable bonds is 1. The van der Waals surface area contributed by atoms with Crippen LogP contribution in [0.25, 0.3) is 11.4 Å². The highest BCUT2D eigenvalue weighted by Gasteiger charge is 2.27. The quantitative estimate of drug-likeness (QED) is 0.761. The molecule has 0 unspecified atom stereocenters. The molecule has 0 spiro atoms. The molecule has 21 heavy (non-hydrogen) atoms. The Labute approximate surface area is 137 Å². The van der Waals surface area contributed by atoms with Crippen LogP contribution < -0.4 is 0 Å². The Morgan fingerprint density at radius 1 is 1.19 bits per heavy atom. The largest absolute Gasteiger partial charge is 0.212 e. The summed E-state index contributed by atoms with van der Waals surface area (Å²) < 4.78 is 1.77. The van der Waals surface area contributed by atoms with Crippen molar-refractivity contribution in [2.24, 2.45) is 10.5 Å². The number of hydrogen-bond acceptors (Lipinski definition) is 4. The van der Waals surface area contributed by atoms with Crippen molar-refractivity contribution in [1.82, 2.24) is 14.9 Å². The molecule has 0 N–H and O–H groups in total. The van der Waals surface area contributed by atoms with Crippen molar-refractivity contribution >= 4 is 40.7 Å². The second-order valence-electron chi connectivity index (χ2n) is 5.83. The third-order valence-electron chi connectivity index (χ3n) is 3.21. The van der Waals surface area contributed by atoms with Gasteiger partial charge in [0.1, 0.15) is 0 Å². The lowest BCUT2D eigenvalue weighted by atomic mass is 9.91.